The molecule has 206 valence electrons. The van der Waals surface area contributed by atoms with Crippen LogP contribution in [0.1, 0.15) is 21.6 Å². The summed E-state index contributed by atoms with van der Waals surface area (Å²) in [6.07, 6.45) is 1.06. The number of aromatic amines is 1. The van der Waals surface area contributed by atoms with Gasteiger partial charge < -0.3 is 10.1 Å². The Morgan fingerprint density at radius 2 is 1.77 bits per heavy atom. The number of hydrogen-bond acceptors (Lipinski definition) is 8. The maximum atomic E-state index is 13.3. The predicted octanol–water partition coefficient (Wildman–Crippen LogP) is 3.17. The lowest BCUT2D eigenvalue weighted by Gasteiger charge is -2.08. The van der Waals surface area contributed by atoms with Crippen LogP contribution < -0.4 is 14.8 Å². The highest BCUT2D eigenvalue weighted by atomic mass is 32.2. The second-order valence-electron chi connectivity index (χ2n) is 8.74. The molecule has 5 aromatic rings. The van der Waals surface area contributed by atoms with Crippen molar-refractivity contribution in [2.24, 2.45) is 0 Å². The topological polar surface area (TPSA) is 157 Å². The minimum Gasteiger partial charge on any atom is -0.435 e. The SMILES string of the molecule is CS(=O)(=O)NCc1ccc2c(C(=O)Nc3ccc(-c4nn[nH]n4)cc3)nn(Cc3ccc(OC(F)F)cc3)c2c1. The largest absolute Gasteiger partial charge is 0.435 e. The van der Waals surface area contributed by atoms with Gasteiger partial charge in [0, 0.05) is 23.2 Å². The molecule has 15 heteroatoms. The van der Waals surface area contributed by atoms with Crippen molar-refractivity contribution < 1.29 is 26.7 Å². The van der Waals surface area contributed by atoms with Crippen molar-refractivity contribution in [3.05, 3.63) is 83.6 Å². The quantitative estimate of drug-likeness (QED) is 0.232. The van der Waals surface area contributed by atoms with Crippen molar-refractivity contribution in [2.75, 3.05) is 11.6 Å². The molecule has 2 heterocycles. The minimum absolute atomic E-state index is 0.0172. The van der Waals surface area contributed by atoms with E-state index in [-0.39, 0.29) is 24.5 Å². The van der Waals surface area contributed by atoms with E-state index < -0.39 is 22.5 Å². The zero-order chi connectivity index (χ0) is 28.3. The van der Waals surface area contributed by atoms with Gasteiger partial charge in [-0.3, -0.25) is 9.48 Å². The molecule has 2 aromatic heterocycles. The van der Waals surface area contributed by atoms with E-state index in [1.807, 2.05) is 0 Å². The van der Waals surface area contributed by atoms with Crippen LogP contribution in [0.15, 0.2) is 66.7 Å². The van der Waals surface area contributed by atoms with Gasteiger partial charge in [0.25, 0.3) is 5.91 Å². The first-order valence-corrected chi connectivity index (χ1v) is 13.7. The number of amides is 1. The average Bonchev–Trinajstić information content (AvgIpc) is 3.57. The number of alkyl halides is 2. The van der Waals surface area contributed by atoms with Gasteiger partial charge in [-0.1, -0.05) is 24.3 Å². The lowest BCUT2D eigenvalue weighted by Crippen LogP contribution is -2.21. The fraction of sp³-hybridized carbons (Fsp3) is 0.160. The van der Waals surface area contributed by atoms with Gasteiger partial charge in [-0.05, 0) is 58.8 Å². The first-order chi connectivity index (χ1) is 19.1. The first kappa shape index (κ1) is 26.8. The number of nitrogens with one attached hydrogen (secondary N) is 3. The average molecular weight is 569 g/mol. The molecule has 0 aliphatic rings. The molecule has 0 aliphatic carbocycles. The van der Waals surface area contributed by atoms with E-state index in [1.54, 1.807) is 59.3 Å². The van der Waals surface area contributed by atoms with Crippen molar-refractivity contribution >= 4 is 32.5 Å². The van der Waals surface area contributed by atoms with Gasteiger partial charge in [0.1, 0.15) is 5.75 Å². The fourth-order valence-corrected chi connectivity index (χ4v) is 4.39. The summed E-state index contributed by atoms with van der Waals surface area (Å²) in [6.45, 7) is -2.68. The van der Waals surface area contributed by atoms with Crippen LogP contribution in [0.3, 0.4) is 0 Å². The van der Waals surface area contributed by atoms with Gasteiger partial charge in [-0.25, -0.2) is 13.1 Å². The summed E-state index contributed by atoms with van der Waals surface area (Å²) in [4.78, 5) is 13.3. The number of ether oxygens (including phenoxy) is 1. The molecular formula is C25H22F2N8O4S. The van der Waals surface area contributed by atoms with Crippen LogP contribution in [0.4, 0.5) is 14.5 Å². The van der Waals surface area contributed by atoms with Crippen LogP contribution in [-0.2, 0) is 23.1 Å². The molecule has 3 N–H and O–H groups in total. The Morgan fingerprint density at radius 3 is 2.42 bits per heavy atom. The van der Waals surface area contributed by atoms with Crippen molar-refractivity contribution in [1.82, 2.24) is 35.1 Å². The zero-order valence-corrected chi connectivity index (χ0v) is 21.7. The lowest BCUT2D eigenvalue weighted by atomic mass is 10.1. The second-order valence-corrected chi connectivity index (χ2v) is 10.6. The van der Waals surface area contributed by atoms with Gasteiger partial charge in [0.2, 0.25) is 15.8 Å². The molecule has 3 aromatic carbocycles. The maximum Gasteiger partial charge on any atom is 0.387 e. The Labute approximate surface area is 226 Å². The number of anilines is 1. The summed E-state index contributed by atoms with van der Waals surface area (Å²) in [5, 5.41) is 21.7. The van der Waals surface area contributed by atoms with Crippen LogP contribution in [0, 0.1) is 0 Å². The Bertz CT molecular complexity index is 1740. The molecule has 0 spiro atoms. The predicted molar refractivity (Wildman–Crippen MR) is 141 cm³/mol. The maximum absolute atomic E-state index is 13.3. The van der Waals surface area contributed by atoms with E-state index >= 15 is 0 Å². The fourth-order valence-electron chi connectivity index (χ4n) is 3.96. The summed E-state index contributed by atoms with van der Waals surface area (Å²) in [5.41, 5.74) is 3.33. The van der Waals surface area contributed by atoms with Crippen molar-refractivity contribution in [1.29, 1.82) is 0 Å². The molecule has 40 heavy (non-hydrogen) atoms. The number of aromatic nitrogens is 6. The summed E-state index contributed by atoms with van der Waals surface area (Å²) in [7, 11) is -3.42. The Morgan fingerprint density at radius 1 is 1.05 bits per heavy atom. The first-order valence-electron chi connectivity index (χ1n) is 11.8. The number of rotatable bonds is 10. The van der Waals surface area contributed by atoms with E-state index in [1.165, 1.54) is 12.1 Å². The molecule has 0 aliphatic heterocycles. The number of carbonyl (C=O) groups is 1. The number of nitrogens with zero attached hydrogens (tertiary/aromatic N) is 5. The minimum atomic E-state index is -3.42. The van der Waals surface area contributed by atoms with Crippen molar-refractivity contribution in [3.8, 4) is 17.1 Å². The lowest BCUT2D eigenvalue weighted by molar-refractivity contribution is -0.0498. The monoisotopic (exact) mass is 568 g/mol. The highest BCUT2D eigenvalue weighted by molar-refractivity contribution is 7.88. The summed E-state index contributed by atoms with van der Waals surface area (Å²) >= 11 is 0. The van der Waals surface area contributed by atoms with Gasteiger partial charge in [0.15, 0.2) is 5.69 Å². The van der Waals surface area contributed by atoms with Crippen LogP contribution in [0.25, 0.3) is 22.3 Å². The Kier molecular flexibility index (Phi) is 7.48. The summed E-state index contributed by atoms with van der Waals surface area (Å²) in [5.74, 6) is -0.0278. The zero-order valence-electron chi connectivity index (χ0n) is 20.9. The molecule has 0 radical (unpaired) electrons. The summed E-state index contributed by atoms with van der Waals surface area (Å²) in [6, 6.07) is 18.1. The molecule has 0 unspecified atom stereocenters. The second kappa shape index (κ2) is 11.2. The molecule has 0 atom stereocenters. The number of H-pyrrole nitrogens is 1. The number of carbonyl (C=O) groups excluding carboxylic acids is 1. The van der Waals surface area contributed by atoms with Crippen LogP contribution in [0.5, 0.6) is 5.75 Å². The van der Waals surface area contributed by atoms with Crippen molar-refractivity contribution in [2.45, 2.75) is 19.7 Å². The van der Waals surface area contributed by atoms with E-state index in [0.717, 1.165) is 11.8 Å². The molecular weight excluding hydrogens is 546 g/mol. The Balaban J connectivity index is 1.44. The van der Waals surface area contributed by atoms with Crippen LogP contribution in [0.2, 0.25) is 0 Å². The van der Waals surface area contributed by atoms with Gasteiger partial charge in [-0.15, -0.1) is 10.2 Å². The van der Waals surface area contributed by atoms with Crippen LogP contribution in [-0.4, -0.2) is 57.6 Å². The number of sulfonamides is 1. The third-order valence-corrected chi connectivity index (χ3v) is 6.47. The highest BCUT2D eigenvalue weighted by Crippen LogP contribution is 2.24. The highest BCUT2D eigenvalue weighted by Gasteiger charge is 2.19. The summed E-state index contributed by atoms with van der Waals surface area (Å²) < 4.78 is 56.6. The van der Waals surface area contributed by atoms with E-state index in [2.05, 4.69) is 40.5 Å². The van der Waals surface area contributed by atoms with E-state index in [0.29, 0.717) is 33.5 Å². The standard InChI is InChI=1S/C25H22F2N8O4S/c1-40(37,38)28-13-16-4-11-20-21(12-16)35(14-15-2-9-19(10-3-15)39-25(26)27)32-22(20)24(36)29-18-7-5-17(6-8-18)23-30-33-34-31-23/h2-12,25,28H,13-14H2,1H3,(H,29,36)(H,30,31,33,34). The van der Waals surface area contributed by atoms with Crippen molar-refractivity contribution in [3.63, 3.8) is 0 Å². The molecule has 0 saturated heterocycles. The number of fused-ring (bicyclic) bond motifs is 1. The Hall–Kier alpha value is -4.76. The number of halogens is 2. The number of hydrogen-bond donors (Lipinski definition) is 3. The third kappa shape index (κ3) is 6.44. The normalized spacial score (nSPS) is 11.7. The van der Waals surface area contributed by atoms with E-state index in [9.17, 15) is 22.0 Å². The molecule has 0 saturated carbocycles. The van der Waals surface area contributed by atoms with E-state index in [4.69, 9.17) is 0 Å². The van der Waals surface area contributed by atoms with Gasteiger partial charge in [-0.2, -0.15) is 19.1 Å². The van der Waals surface area contributed by atoms with Gasteiger partial charge in [0.05, 0.1) is 18.3 Å². The molecule has 0 bridgehead atoms. The molecule has 12 nitrogen and oxygen atoms in total. The molecule has 1 amide bonds. The van der Waals surface area contributed by atoms with Gasteiger partial charge >= 0.3 is 6.61 Å². The number of tetrazole rings is 1. The number of benzene rings is 3. The van der Waals surface area contributed by atoms with Crippen LogP contribution >= 0.6 is 0 Å². The third-order valence-electron chi connectivity index (χ3n) is 5.80. The smallest absolute Gasteiger partial charge is 0.387 e. The molecule has 5 rings (SSSR count). The molecule has 0 fully saturated rings.